The largest absolute Gasteiger partial charge is 0.497 e. The topological polar surface area (TPSA) is 9.23 Å². The monoisotopic (exact) mass is 240 g/mol. The number of halogens is 1. The summed E-state index contributed by atoms with van der Waals surface area (Å²) in [4.78, 5) is 0. The molecule has 0 aliphatic heterocycles. The number of benzene rings is 1. The minimum absolute atomic E-state index is 0.783. The Morgan fingerprint density at radius 2 is 2.08 bits per heavy atom. The van der Waals surface area contributed by atoms with Crippen LogP contribution in [-0.4, -0.2) is 12.4 Å². The van der Waals surface area contributed by atoms with Gasteiger partial charge >= 0.3 is 0 Å². The molecule has 0 saturated heterocycles. The van der Waals surface area contributed by atoms with Gasteiger partial charge in [-0.3, -0.25) is 0 Å². The molecule has 0 bridgehead atoms. The predicted octanol–water partition coefficient (Wildman–Crippen LogP) is 3.19. The lowest BCUT2D eigenvalue weighted by atomic mass is 10.1. The lowest BCUT2D eigenvalue weighted by Gasteiger charge is -2.01. The third-order valence-corrected chi connectivity index (χ3v) is 3.50. The fraction of sp³-hybridized carbons (Fsp3) is 0.455. The molecule has 1 aromatic rings. The molecule has 2 unspecified atom stereocenters. The molecule has 0 aromatic heterocycles. The molecule has 13 heavy (non-hydrogen) atoms. The Hall–Kier alpha value is -0.500. The Balaban J connectivity index is 2.07. The molecule has 70 valence electrons. The Kier molecular flexibility index (Phi) is 2.58. The molecule has 1 aliphatic rings. The van der Waals surface area contributed by atoms with Crippen LogP contribution in [0.5, 0.6) is 5.75 Å². The molecule has 1 aliphatic carbocycles. The molecule has 1 saturated carbocycles. The minimum Gasteiger partial charge on any atom is -0.497 e. The average molecular weight is 241 g/mol. The van der Waals surface area contributed by atoms with E-state index in [2.05, 4.69) is 28.1 Å². The van der Waals surface area contributed by atoms with Crippen molar-refractivity contribution in [3.05, 3.63) is 29.8 Å². The fourth-order valence-electron chi connectivity index (χ4n) is 1.68. The highest BCUT2D eigenvalue weighted by Crippen LogP contribution is 2.48. The summed E-state index contributed by atoms with van der Waals surface area (Å²) in [5.74, 6) is 2.58. The standard InChI is InChI=1S/C11H13BrO/c1-13-10-4-2-8(3-5-10)11-6-9(11)7-12/h2-5,9,11H,6-7H2,1H3. The van der Waals surface area contributed by atoms with Crippen LogP contribution in [0, 0.1) is 5.92 Å². The van der Waals surface area contributed by atoms with E-state index in [1.807, 2.05) is 12.1 Å². The first kappa shape index (κ1) is 9.07. The van der Waals surface area contributed by atoms with Crippen LogP contribution in [0.25, 0.3) is 0 Å². The van der Waals surface area contributed by atoms with Gasteiger partial charge in [0.1, 0.15) is 5.75 Å². The van der Waals surface area contributed by atoms with E-state index in [0.29, 0.717) is 0 Å². The van der Waals surface area contributed by atoms with Crippen LogP contribution in [0.2, 0.25) is 0 Å². The summed E-state index contributed by atoms with van der Waals surface area (Å²) in [5, 5.41) is 1.13. The summed E-state index contributed by atoms with van der Waals surface area (Å²) in [6, 6.07) is 8.43. The van der Waals surface area contributed by atoms with E-state index >= 15 is 0 Å². The van der Waals surface area contributed by atoms with Crippen molar-refractivity contribution in [1.82, 2.24) is 0 Å². The SMILES string of the molecule is COc1ccc(C2CC2CBr)cc1. The number of methoxy groups -OCH3 is 1. The molecule has 2 rings (SSSR count). The van der Waals surface area contributed by atoms with Crippen molar-refractivity contribution >= 4 is 15.9 Å². The molecule has 1 aromatic carbocycles. The van der Waals surface area contributed by atoms with E-state index < -0.39 is 0 Å². The van der Waals surface area contributed by atoms with Crippen molar-refractivity contribution in [2.75, 3.05) is 12.4 Å². The summed E-state index contributed by atoms with van der Waals surface area (Å²) in [6.45, 7) is 0. The minimum atomic E-state index is 0.783. The van der Waals surface area contributed by atoms with Gasteiger partial charge in [0.05, 0.1) is 7.11 Å². The van der Waals surface area contributed by atoms with Crippen LogP contribution >= 0.6 is 15.9 Å². The van der Waals surface area contributed by atoms with Gasteiger partial charge in [0.25, 0.3) is 0 Å². The Morgan fingerprint density at radius 1 is 1.38 bits per heavy atom. The van der Waals surface area contributed by atoms with E-state index in [9.17, 15) is 0 Å². The molecule has 1 fully saturated rings. The van der Waals surface area contributed by atoms with Crippen LogP contribution in [0.3, 0.4) is 0 Å². The first-order chi connectivity index (χ1) is 6.35. The normalized spacial score (nSPS) is 25.7. The van der Waals surface area contributed by atoms with Gasteiger partial charge < -0.3 is 4.74 Å². The summed E-state index contributed by atoms with van der Waals surface area (Å²) in [5.41, 5.74) is 1.45. The van der Waals surface area contributed by atoms with Gasteiger partial charge in [-0.2, -0.15) is 0 Å². The second kappa shape index (κ2) is 3.70. The van der Waals surface area contributed by atoms with Crippen molar-refractivity contribution in [3.8, 4) is 5.75 Å². The van der Waals surface area contributed by atoms with E-state index in [1.54, 1.807) is 7.11 Å². The molecular formula is C11H13BrO. The summed E-state index contributed by atoms with van der Waals surface area (Å²) >= 11 is 3.52. The van der Waals surface area contributed by atoms with Gasteiger partial charge in [-0.05, 0) is 36.0 Å². The van der Waals surface area contributed by atoms with Crippen molar-refractivity contribution in [2.45, 2.75) is 12.3 Å². The van der Waals surface area contributed by atoms with Gasteiger partial charge in [0.2, 0.25) is 0 Å². The van der Waals surface area contributed by atoms with Crippen molar-refractivity contribution in [2.24, 2.45) is 5.92 Å². The second-order valence-corrected chi connectivity index (χ2v) is 4.18. The molecule has 0 N–H and O–H groups in total. The molecule has 0 heterocycles. The number of rotatable bonds is 3. The maximum atomic E-state index is 5.11. The van der Waals surface area contributed by atoms with E-state index in [4.69, 9.17) is 4.74 Å². The van der Waals surface area contributed by atoms with Crippen LogP contribution in [0.15, 0.2) is 24.3 Å². The Labute approximate surface area is 87.2 Å². The molecule has 2 atom stereocenters. The lowest BCUT2D eigenvalue weighted by molar-refractivity contribution is 0.414. The summed E-state index contributed by atoms with van der Waals surface area (Å²) < 4.78 is 5.11. The highest BCUT2D eigenvalue weighted by molar-refractivity contribution is 9.09. The molecule has 1 nitrogen and oxygen atoms in total. The Bertz CT molecular complexity index is 281. The van der Waals surface area contributed by atoms with Crippen molar-refractivity contribution in [3.63, 3.8) is 0 Å². The van der Waals surface area contributed by atoms with E-state index in [-0.39, 0.29) is 0 Å². The molecule has 0 spiro atoms. The lowest BCUT2D eigenvalue weighted by Crippen LogP contribution is -1.86. The summed E-state index contributed by atoms with van der Waals surface area (Å²) in [7, 11) is 1.70. The third-order valence-electron chi connectivity index (χ3n) is 2.66. The predicted molar refractivity (Wildman–Crippen MR) is 57.6 cm³/mol. The van der Waals surface area contributed by atoms with Crippen molar-refractivity contribution in [1.29, 1.82) is 0 Å². The van der Waals surface area contributed by atoms with Gasteiger partial charge in [-0.25, -0.2) is 0 Å². The number of hydrogen-bond donors (Lipinski definition) is 0. The highest BCUT2D eigenvalue weighted by atomic mass is 79.9. The zero-order valence-corrected chi connectivity index (χ0v) is 9.25. The quantitative estimate of drug-likeness (QED) is 0.738. The van der Waals surface area contributed by atoms with Crippen molar-refractivity contribution < 1.29 is 4.74 Å². The second-order valence-electron chi connectivity index (χ2n) is 3.53. The molecule has 2 heteroatoms. The molecule has 0 radical (unpaired) electrons. The molecule has 0 amide bonds. The van der Waals surface area contributed by atoms with E-state index in [1.165, 1.54) is 12.0 Å². The van der Waals surface area contributed by atoms with Gasteiger partial charge in [0, 0.05) is 5.33 Å². The first-order valence-electron chi connectivity index (χ1n) is 4.55. The number of ether oxygens (including phenoxy) is 1. The molecular weight excluding hydrogens is 228 g/mol. The fourth-order valence-corrected chi connectivity index (χ4v) is 2.39. The van der Waals surface area contributed by atoms with Gasteiger partial charge in [-0.1, -0.05) is 28.1 Å². The number of alkyl halides is 1. The van der Waals surface area contributed by atoms with Crippen LogP contribution in [0.1, 0.15) is 17.9 Å². The average Bonchev–Trinajstić information content (AvgIpc) is 2.97. The van der Waals surface area contributed by atoms with Gasteiger partial charge in [0.15, 0.2) is 0 Å². The zero-order chi connectivity index (χ0) is 9.26. The third kappa shape index (κ3) is 1.88. The maximum Gasteiger partial charge on any atom is 0.118 e. The zero-order valence-electron chi connectivity index (χ0n) is 7.66. The van der Waals surface area contributed by atoms with Crippen LogP contribution in [0.4, 0.5) is 0 Å². The Morgan fingerprint density at radius 3 is 2.54 bits per heavy atom. The smallest absolute Gasteiger partial charge is 0.118 e. The maximum absolute atomic E-state index is 5.11. The highest BCUT2D eigenvalue weighted by Gasteiger charge is 2.36. The van der Waals surface area contributed by atoms with Crippen LogP contribution in [-0.2, 0) is 0 Å². The summed E-state index contributed by atoms with van der Waals surface area (Å²) in [6.07, 6.45) is 1.33. The first-order valence-corrected chi connectivity index (χ1v) is 5.67. The van der Waals surface area contributed by atoms with Crippen LogP contribution < -0.4 is 4.74 Å². The number of hydrogen-bond acceptors (Lipinski definition) is 1. The van der Waals surface area contributed by atoms with E-state index in [0.717, 1.165) is 22.9 Å². The van der Waals surface area contributed by atoms with Gasteiger partial charge in [-0.15, -0.1) is 0 Å².